The molecule has 2 saturated heterocycles. The molecule has 28 heavy (non-hydrogen) atoms. The first kappa shape index (κ1) is 19.2. The third-order valence-corrected chi connectivity index (χ3v) is 6.40. The molecule has 1 atom stereocenters. The lowest BCUT2D eigenvalue weighted by Crippen LogP contribution is -2.41. The van der Waals surface area contributed by atoms with Crippen LogP contribution in [-0.2, 0) is 4.79 Å². The zero-order valence-electron chi connectivity index (χ0n) is 16.9. The Hall–Kier alpha value is -2.14. The molecular formula is C23H32N4O. The smallest absolute Gasteiger partial charge is 0.223 e. The van der Waals surface area contributed by atoms with Crippen molar-refractivity contribution in [3.63, 3.8) is 0 Å². The fourth-order valence-electron chi connectivity index (χ4n) is 4.78. The van der Waals surface area contributed by atoms with Crippen LogP contribution in [0, 0.1) is 5.92 Å². The maximum absolute atomic E-state index is 12.7. The fraction of sp³-hybridized carbons (Fsp3) is 0.565. The highest BCUT2D eigenvalue weighted by atomic mass is 16.2. The van der Waals surface area contributed by atoms with Crippen LogP contribution in [0.15, 0.2) is 30.3 Å². The number of rotatable bonds is 4. The van der Waals surface area contributed by atoms with Gasteiger partial charge in [-0.25, -0.2) is 0 Å². The van der Waals surface area contributed by atoms with Gasteiger partial charge in [-0.2, -0.15) is 0 Å². The van der Waals surface area contributed by atoms with Gasteiger partial charge in [-0.3, -0.25) is 9.78 Å². The number of amides is 1. The van der Waals surface area contributed by atoms with Crippen LogP contribution < -0.4 is 5.73 Å². The standard InChI is InChI=1S/C23H32N4O/c1-17-5-4-11-26(16-17)12-10-22(28)27-13-8-18(9-14-27)23-20(24)15-19-6-2-3-7-21(19)25-23/h2-3,6-7,15,17-18H,4-5,8-14,16,24H2,1H3/t17-/m1/s1. The Balaban J connectivity index is 1.32. The summed E-state index contributed by atoms with van der Waals surface area (Å²) in [5, 5.41) is 1.09. The van der Waals surface area contributed by atoms with E-state index in [-0.39, 0.29) is 0 Å². The lowest BCUT2D eigenvalue weighted by molar-refractivity contribution is -0.132. The number of anilines is 1. The minimum absolute atomic E-state index is 0.302. The number of pyridine rings is 1. The highest BCUT2D eigenvalue weighted by Gasteiger charge is 2.26. The molecule has 0 aliphatic carbocycles. The molecule has 0 saturated carbocycles. The molecule has 0 bridgehead atoms. The Labute approximate surface area is 167 Å². The van der Waals surface area contributed by atoms with E-state index in [1.807, 2.05) is 35.2 Å². The summed E-state index contributed by atoms with van der Waals surface area (Å²) in [5.41, 5.74) is 9.09. The molecule has 2 aromatic rings. The predicted molar refractivity (Wildman–Crippen MR) is 114 cm³/mol. The Morgan fingerprint density at radius 3 is 2.75 bits per heavy atom. The highest BCUT2D eigenvalue weighted by molar-refractivity contribution is 5.82. The van der Waals surface area contributed by atoms with Crippen molar-refractivity contribution in [2.24, 2.45) is 5.92 Å². The summed E-state index contributed by atoms with van der Waals surface area (Å²) in [4.78, 5) is 22.0. The lowest BCUT2D eigenvalue weighted by Gasteiger charge is -2.34. The molecule has 0 unspecified atom stereocenters. The van der Waals surface area contributed by atoms with Crippen molar-refractivity contribution < 1.29 is 4.79 Å². The summed E-state index contributed by atoms with van der Waals surface area (Å²) >= 11 is 0. The van der Waals surface area contributed by atoms with Crippen molar-refractivity contribution in [3.05, 3.63) is 36.0 Å². The van der Waals surface area contributed by atoms with E-state index >= 15 is 0 Å². The van der Waals surface area contributed by atoms with Crippen LogP contribution in [0.4, 0.5) is 5.69 Å². The molecule has 2 fully saturated rings. The van der Waals surface area contributed by atoms with Gasteiger partial charge in [-0.05, 0) is 50.3 Å². The number of carbonyl (C=O) groups is 1. The van der Waals surface area contributed by atoms with E-state index in [2.05, 4.69) is 11.8 Å². The van der Waals surface area contributed by atoms with Crippen molar-refractivity contribution in [2.45, 2.75) is 44.9 Å². The van der Waals surface area contributed by atoms with E-state index in [4.69, 9.17) is 10.7 Å². The molecule has 2 N–H and O–H groups in total. The molecule has 1 aromatic heterocycles. The molecule has 0 radical (unpaired) electrons. The van der Waals surface area contributed by atoms with Crippen molar-refractivity contribution >= 4 is 22.5 Å². The van der Waals surface area contributed by atoms with Crippen molar-refractivity contribution in [1.82, 2.24) is 14.8 Å². The second-order valence-electron chi connectivity index (χ2n) is 8.61. The average molecular weight is 381 g/mol. The summed E-state index contributed by atoms with van der Waals surface area (Å²) in [6, 6.07) is 10.2. The van der Waals surface area contributed by atoms with E-state index in [0.717, 1.165) is 73.8 Å². The molecule has 5 nitrogen and oxygen atoms in total. The SMILES string of the molecule is C[C@@H]1CCCN(CCC(=O)N2CCC(c3nc4ccccc4cc3N)CC2)C1. The van der Waals surface area contributed by atoms with E-state index < -0.39 is 0 Å². The van der Waals surface area contributed by atoms with Crippen LogP contribution in [0.2, 0.25) is 0 Å². The van der Waals surface area contributed by atoms with Crippen LogP contribution in [-0.4, -0.2) is 53.4 Å². The van der Waals surface area contributed by atoms with E-state index in [1.54, 1.807) is 0 Å². The first-order valence-electron chi connectivity index (χ1n) is 10.8. The van der Waals surface area contributed by atoms with Crippen LogP contribution in [0.5, 0.6) is 0 Å². The molecule has 2 aliphatic heterocycles. The number of fused-ring (bicyclic) bond motifs is 1. The first-order valence-corrected chi connectivity index (χ1v) is 10.8. The van der Waals surface area contributed by atoms with Crippen molar-refractivity contribution in [1.29, 1.82) is 0 Å². The molecule has 150 valence electrons. The maximum atomic E-state index is 12.7. The normalized spacial score (nSPS) is 21.9. The minimum atomic E-state index is 0.302. The van der Waals surface area contributed by atoms with Crippen molar-refractivity contribution in [3.8, 4) is 0 Å². The second-order valence-corrected chi connectivity index (χ2v) is 8.61. The fourth-order valence-corrected chi connectivity index (χ4v) is 4.78. The summed E-state index contributed by atoms with van der Waals surface area (Å²) in [6.07, 6.45) is 5.13. The number of carbonyl (C=O) groups excluding carboxylic acids is 1. The molecule has 4 rings (SSSR count). The second kappa shape index (κ2) is 8.48. The van der Waals surface area contributed by atoms with Gasteiger partial charge in [-0.1, -0.05) is 25.1 Å². The number of aromatic nitrogens is 1. The first-order chi connectivity index (χ1) is 13.6. The number of hydrogen-bond donors (Lipinski definition) is 1. The molecule has 2 aliphatic rings. The molecule has 3 heterocycles. The van der Waals surface area contributed by atoms with Crippen LogP contribution in [0.3, 0.4) is 0 Å². The lowest BCUT2D eigenvalue weighted by atomic mass is 9.91. The predicted octanol–water partition coefficient (Wildman–Crippen LogP) is 3.65. The molecule has 5 heteroatoms. The van der Waals surface area contributed by atoms with Gasteiger partial charge >= 0.3 is 0 Å². The van der Waals surface area contributed by atoms with Gasteiger partial charge in [-0.15, -0.1) is 0 Å². The number of piperidine rings is 2. The number of nitrogens with zero attached hydrogens (tertiary/aromatic N) is 3. The van der Waals surface area contributed by atoms with Gasteiger partial charge < -0.3 is 15.5 Å². The van der Waals surface area contributed by atoms with Gasteiger partial charge in [0.05, 0.1) is 16.9 Å². The number of hydrogen-bond acceptors (Lipinski definition) is 4. The van der Waals surface area contributed by atoms with E-state index in [1.165, 1.54) is 12.8 Å². The zero-order chi connectivity index (χ0) is 19.5. The summed E-state index contributed by atoms with van der Waals surface area (Å²) < 4.78 is 0. The number of nitrogen functional groups attached to an aromatic ring is 1. The topological polar surface area (TPSA) is 62.5 Å². The average Bonchev–Trinajstić information content (AvgIpc) is 2.72. The number of para-hydroxylation sites is 1. The largest absolute Gasteiger partial charge is 0.397 e. The van der Waals surface area contributed by atoms with E-state index in [0.29, 0.717) is 18.2 Å². The number of nitrogens with two attached hydrogens (primary N) is 1. The summed E-state index contributed by atoms with van der Waals surface area (Å²) in [6.45, 7) is 7.13. The number of benzene rings is 1. The zero-order valence-corrected chi connectivity index (χ0v) is 16.9. The minimum Gasteiger partial charge on any atom is -0.397 e. The summed E-state index contributed by atoms with van der Waals surface area (Å²) in [7, 11) is 0. The van der Waals surface area contributed by atoms with Crippen molar-refractivity contribution in [2.75, 3.05) is 38.5 Å². The summed E-state index contributed by atoms with van der Waals surface area (Å²) in [5.74, 6) is 1.41. The Morgan fingerprint density at radius 1 is 1.18 bits per heavy atom. The number of likely N-dealkylation sites (tertiary alicyclic amines) is 2. The van der Waals surface area contributed by atoms with Crippen LogP contribution >= 0.6 is 0 Å². The van der Waals surface area contributed by atoms with Gasteiger partial charge in [0.25, 0.3) is 0 Å². The maximum Gasteiger partial charge on any atom is 0.223 e. The quantitative estimate of drug-likeness (QED) is 0.879. The monoisotopic (exact) mass is 380 g/mol. The third-order valence-electron chi connectivity index (χ3n) is 6.40. The molecular weight excluding hydrogens is 348 g/mol. The Kier molecular flexibility index (Phi) is 5.81. The van der Waals surface area contributed by atoms with Crippen LogP contribution in [0.25, 0.3) is 10.9 Å². The van der Waals surface area contributed by atoms with Gasteiger partial charge in [0.1, 0.15) is 0 Å². The van der Waals surface area contributed by atoms with Gasteiger partial charge in [0.15, 0.2) is 0 Å². The molecule has 0 spiro atoms. The van der Waals surface area contributed by atoms with Crippen LogP contribution in [0.1, 0.15) is 50.6 Å². The Bertz CT molecular complexity index is 828. The van der Waals surface area contributed by atoms with Gasteiger partial charge in [0, 0.05) is 43.9 Å². The Morgan fingerprint density at radius 2 is 1.96 bits per heavy atom. The molecule has 1 aromatic carbocycles. The molecule has 1 amide bonds. The third kappa shape index (κ3) is 4.30. The van der Waals surface area contributed by atoms with E-state index in [9.17, 15) is 4.79 Å². The highest BCUT2D eigenvalue weighted by Crippen LogP contribution is 2.32. The van der Waals surface area contributed by atoms with Gasteiger partial charge in [0.2, 0.25) is 5.91 Å².